The molecule has 2 rings (SSSR count). The Hall–Kier alpha value is -0.770. The molecule has 1 aromatic rings. The van der Waals surface area contributed by atoms with Gasteiger partial charge in [-0.2, -0.15) is 0 Å². The first-order valence-corrected chi connectivity index (χ1v) is 6.85. The third-order valence-corrected chi connectivity index (χ3v) is 4.20. The van der Waals surface area contributed by atoms with Crippen molar-refractivity contribution >= 4 is 17.3 Å². The normalized spacial score (nSPS) is 25.6. The van der Waals surface area contributed by atoms with E-state index in [0.29, 0.717) is 11.7 Å². The zero-order valence-electron chi connectivity index (χ0n) is 9.90. The maximum Gasteiger partial charge on any atom is 0.179 e. The highest BCUT2D eigenvalue weighted by atomic mass is 32.1. The molecular formula is C12H18N2OS. The van der Waals surface area contributed by atoms with Crippen molar-refractivity contribution < 1.29 is 4.79 Å². The van der Waals surface area contributed by atoms with Gasteiger partial charge in [-0.25, -0.2) is 0 Å². The van der Waals surface area contributed by atoms with Crippen molar-refractivity contribution in [1.82, 2.24) is 9.59 Å². The van der Waals surface area contributed by atoms with E-state index in [-0.39, 0.29) is 5.92 Å². The minimum Gasteiger partial charge on any atom is -0.293 e. The van der Waals surface area contributed by atoms with E-state index in [2.05, 4.69) is 16.5 Å². The molecule has 2 unspecified atom stereocenters. The molecule has 1 saturated carbocycles. The van der Waals surface area contributed by atoms with Gasteiger partial charge in [-0.05, 0) is 36.7 Å². The van der Waals surface area contributed by atoms with Crippen LogP contribution in [0.2, 0.25) is 0 Å². The maximum absolute atomic E-state index is 12.3. The monoisotopic (exact) mass is 238 g/mol. The Balaban J connectivity index is 2.12. The van der Waals surface area contributed by atoms with Crippen molar-refractivity contribution in [2.75, 3.05) is 0 Å². The average Bonchev–Trinajstić information content (AvgIpc) is 2.76. The second-order valence-corrected chi connectivity index (χ2v) is 5.49. The number of nitrogens with zero attached hydrogens (tertiary/aromatic N) is 2. The van der Waals surface area contributed by atoms with Crippen LogP contribution in [0.15, 0.2) is 0 Å². The van der Waals surface area contributed by atoms with E-state index in [0.717, 1.165) is 29.8 Å². The van der Waals surface area contributed by atoms with Crippen LogP contribution in [-0.2, 0) is 6.42 Å². The fraction of sp³-hybridized carbons (Fsp3) is 0.750. The largest absolute Gasteiger partial charge is 0.293 e. The number of aryl methyl sites for hydroxylation is 1. The summed E-state index contributed by atoms with van der Waals surface area (Å²) < 4.78 is 3.90. The predicted octanol–water partition coefficient (Wildman–Crippen LogP) is 3.11. The zero-order chi connectivity index (χ0) is 11.5. The second kappa shape index (κ2) is 5.04. The van der Waals surface area contributed by atoms with Gasteiger partial charge >= 0.3 is 0 Å². The van der Waals surface area contributed by atoms with Crippen molar-refractivity contribution in [1.29, 1.82) is 0 Å². The van der Waals surface area contributed by atoms with Gasteiger partial charge in [0, 0.05) is 5.92 Å². The summed E-state index contributed by atoms with van der Waals surface area (Å²) in [6, 6.07) is 0. The summed E-state index contributed by atoms with van der Waals surface area (Å²) in [5.74, 6) is 1.20. The standard InChI is InChI=1S/C12H18N2OS/c1-3-10-12(16-14-13-10)11(15)9-6-4-5-8(2)7-9/h8-9H,3-7H2,1-2H3. The lowest BCUT2D eigenvalue weighted by Crippen LogP contribution is -2.22. The topological polar surface area (TPSA) is 42.9 Å². The Morgan fingerprint density at radius 3 is 3.00 bits per heavy atom. The van der Waals surface area contributed by atoms with Gasteiger partial charge in [-0.15, -0.1) is 5.10 Å². The highest BCUT2D eigenvalue weighted by Crippen LogP contribution is 2.32. The summed E-state index contributed by atoms with van der Waals surface area (Å²) in [5.41, 5.74) is 0.883. The number of hydrogen-bond donors (Lipinski definition) is 0. The number of carbonyl (C=O) groups is 1. The van der Waals surface area contributed by atoms with Crippen LogP contribution in [0.4, 0.5) is 0 Å². The lowest BCUT2D eigenvalue weighted by Gasteiger charge is -2.25. The van der Waals surface area contributed by atoms with Gasteiger partial charge in [0.2, 0.25) is 0 Å². The highest BCUT2D eigenvalue weighted by molar-refractivity contribution is 7.08. The first-order valence-electron chi connectivity index (χ1n) is 6.07. The van der Waals surface area contributed by atoms with Crippen LogP contribution in [-0.4, -0.2) is 15.4 Å². The van der Waals surface area contributed by atoms with E-state index in [9.17, 15) is 4.79 Å². The van der Waals surface area contributed by atoms with Gasteiger partial charge in [-0.3, -0.25) is 4.79 Å². The molecule has 3 nitrogen and oxygen atoms in total. The van der Waals surface area contributed by atoms with Gasteiger partial charge in [0.15, 0.2) is 5.78 Å². The molecule has 0 aromatic carbocycles. The van der Waals surface area contributed by atoms with Crippen molar-refractivity contribution in [3.05, 3.63) is 10.6 Å². The molecule has 0 N–H and O–H groups in total. The predicted molar refractivity (Wildman–Crippen MR) is 64.7 cm³/mol. The molecule has 0 amide bonds. The molecule has 4 heteroatoms. The molecule has 0 bridgehead atoms. The lowest BCUT2D eigenvalue weighted by atomic mass is 9.80. The van der Waals surface area contributed by atoms with Crippen molar-refractivity contribution in [2.45, 2.75) is 46.0 Å². The molecule has 1 heterocycles. The lowest BCUT2D eigenvalue weighted by molar-refractivity contribution is 0.0871. The maximum atomic E-state index is 12.3. The molecule has 1 fully saturated rings. The van der Waals surface area contributed by atoms with Gasteiger partial charge in [0.25, 0.3) is 0 Å². The van der Waals surface area contributed by atoms with E-state index >= 15 is 0 Å². The summed E-state index contributed by atoms with van der Waals surface area (Å²) >= 11 is 1.27. The second-order valence-electron chi connectivity index (χ2n) is 4.74. The summed E-state index contributed by atoms with van der Waals surface area (Å²) in [4.78, 5) is 13.1. The van der Waals surface area contributed by atoms with Crippen LogP contribution < -0.4 is 0 Å². The van der Waals surface area contributed by atoms with Crippen LogP contribution in [0.1, 0.15) is 54.9 Å². The molecule has 0 saturated heterocycles. The number of ketones is 1. The van der Waals surface area contributed by atoms with Crippen LogP contribution >= 0.6 is 11.5 Å². The van der Waals surface area contributed by atoms with Crippen molar-refractivity contribution in [2.24, 2.45) is 11.8 Å². The Morgan fingerprint density at radius 2 is 2.31 bits per heavy atom. The number of hydrogen-bond acceptors (Lipinski definition) is 4. The molecule has 1 aromatic heterocycles. The fourth-order valence-electron chi connectivity index (χ4n) is 2.48. The van der Waals surface area contributed by atoms with E-state index in [1.54, 1.807) is 0 Å². The first-order chi connectivity index (χ1) is 7.72. The number of carbonyl (C=O) groups excluding carboxylic acids is 1. The van der Waals surface area contributed by atoms with Crippen LogP contribution in [0, 0.1) is 11.8 Å². The average molecular weight is 238 g/mol. The molecule has 16 heavy (non-hydrogen) atoms. The smallest absolute Gasteiger partial charge is 0.179 e. The molecule has 0 radical (unpaired) electrons. The first kappa shape index (κ1) is 11.7. The third kappa shape index (κ3) is 2.32. The van der Waals surface area contributed by atoms with Crippen LogP contribution in [0.3, 0.4) is 0 Å². The number of rotatable bonds is 3. The van der Waals surface area contributed by atoms with Gasteiger partial charge < -0.3 is 0 Å². The fourth-order valence-corrected chi connectivity index (χ4v) is 3.25. The van der Waals surface area contributed by atoms with E-state index < -0.39 is 0 Å². The highest BCUT2D eigenvalue weighted by Gasteiger charge is 2.28. The molecule has 2 atom stereocenters. The Kier molecular flexibility index (Phi) is 3.69. The van der Waals surface area contributed by atoms with Gasteiger partial charge in [0.05, 0.1) is 5.69 Å². The summed E-state index contributed by atoms with van der Waals surface area (Å²) in [6.07, 6.45) is 5.35. The number of Topliss-reactive ketones (excluding diaryl/α,β-unsaturated/α-hetero) is 1. The van der Waals surface area contributed by atoms with E-state index in [4.69, 9.17) is 0 Å². The van der Waals surface area contributed by atoms with Crippen molar-refractivity contribution in [3.8, 4) is 0 Å². The van der Waals surface area contributed by atoms with Crippen LogP contribution in [0.5, 0.6) is 0 Å². The molecule has 0 aliphatic heterocycles. The van der Waals surface area contributed by atoms with Crippen LogP contribution in [0.25, 0.3) is 0 Å². The quantitative estimate of drug-likeness (QED) is 0.760. The minimum atomic E-state index is 0.219. The Bertz CT molecular complexity index is 375. The van der Waals surface area contributed by atoms with Crippen molar-refractivity contribution in [3.63, 3.8) is 0 Å². The summed E-state index contributed by atoms with van der Waals surface area (Å²) in [7, 11) is 0. The Morgan fingerprint density at radius 1 is 1.50 bits per heavy atom. The minimum absolute atomic E-state index is 0.219. The SMILES string of the molecule is CCc1nnsc1C(=O)C1CCCC(C)C1. The summed E-state index contributed by atoms with van der Waals surface area (Å²) in [6.45, 7) is 4.27. The molecule has 0 spiro atoms. The molecular weight excluding hydrogens is 220 g/mol. The molecule has 88 valence electrons. The van der Waals surface area contributed by atoms with Gasteiger partial charge in [0.1, 0.15) is 4.88 Å². The summed E-state index contributed by atoms with van der Waals surface area (Å²) in [5, 5.41) is 4.02. The Labute approximate surface area is 100 Å². The third-order valence-electron chi connectivity index (χ3n) is 3.42. The van der Waals surface area contributed by atoms with Gasteiger partial charge in [-0.1, -0.05) is 31.2 Å². The van der Waals surface area contributed by atoms with E-state index in [1.807, 2.05) is 6.92 Å². The zero-order valence-corrected chi connectivity index (χ0v) is 10.7. The molecule has 1 aliphatic carbocycles. The van der Waals surface area contributed by atoms with E-state index in [1.165, 1.54) is 24.4 Å². The number of aromatic nitrogens is 2. The molecule has 1 aliphatic rings.